The van der Waals surface area contributed by atoms with Crippen LogP contribution in [0.1, 0.15) is 18.2 Å². The van der Waals surface area contributed by atoms with Gasteiger partial charge in [-0.1, -0.05) is 0 Å². The number of β-amino-alcohol motifs (C(OH)–C–C–N with tert-alkyl or cyclic N) is 1. The van der Waals surface area contributed by atoms with E-state index < -0.39 is 28.0 Å². The van der Waals surface area contributed by atoms with Crippen LogP contribution < -0.4 is 4.74 Å². The molecule has 2 aromatic heterocycles. The van der Waals surface area contributed by atoms with Crippen LogP contribution in [0.25, 0.3) is 11.4 Å². The van der Waals surface area contributed by atoms with Gasteiger partial charge in [-0.3, -0.25) is 9.47 Å². The molecular formula is C21H21ClF2N6O4. The number of benzene rings is 1. The van der Waals surface area contributed by atoms with Crippen LogP contribution in [0.3, 0.4) is 0 Å². The quantitative estimate of drug-likeness (QED) is 0.393. The highest BCUT2D eigenvalue weighted by Gasteiger charge is 2.31. The molecule has 1 aliphatic rings. The second-order valence-corrected chi connectivity index (χ2v) is 8.69. The predicted octanol–water partition coefficient (Wildman–Crippen LogP) is 3.00. The lowest BCUT2D eigenvalue weighted by Crippen LogP contribution is -2.45. The Balaban J connectivity index is 1.53. The summed E-state index contributed by atoms with van der Waals surface area (Å²) >= 11 is 5.97. The molecule has 3 heterocycles. The Morgan fingerprint density at radius 2 is 1.94 bits per heavy atom. The smallest absolute Gasteiger partial charge is 0.383 e. The molecule has 180 valence electrons. The number of halogens is 3. The first-order valence-electron chi connectivity index (χ1n) is 10.3. The van der Waals surface area contributed by atoms with Crippen LogP contribution in [-0.2, 0) is 19.5 Å². The van der Waals surface area contributed by atoms with Gasteiger partial charge in [-0.15, -0.1) is 0 Å². The molecule has 13 heteroatoms. The number of ether oxygens (including phenoxy) is 1. The molecule has 1 atom stereocenters. The van der Waals surface area contributed by atoms with Crippen molar-refractivity contribution < 1.29 is 23.5 Å². The number of nitrogens with zero attached hydrogens (tertiary/aromatic N) is 6. The number of methoxy groups -OCH3 is 1. The van der Waals surface area contributed by atoms with Crippen molar-refractivity contribution in [3.63, 3.8) is 0 Å². The molecule has 0 saturated carbocycles. The van der Waals surface area contributed by atoms with E-state index in [1.807, 2.05) is 4.90 Å². The van der Waals surface area contributed by atoms with Gasteiger partial charge in [0.25, 0.3) is 0 Å². The Morgan fingerprint density at radius 3 is 2.56 bits per heavy atom. The normalized spacial score (nSPS) is 15.6. The van der Waals surface area contributed by atoms with E-state index in [-0.39, 0.29) is 35.6 Å². The highest BCUT2D eigenvalue weighted by Crippen LogP contribution is 2.30. The number of rotatable bonds is 7. The number of hydrogen-bond acceptors (Lipinski definition) is 8. The predicted molar refractivity (Wildman–Crippen MR) is 117 cm³/mol. The van der Waals surface area contributed by atoms with Gasteiger partial charge >= 0.3 is 11.1 Å². The molecule has 0 saturated heterocycles. The minimum absolute atomic E-state index is 0.00621. The third kappa shape index (κ3) is 5.13. The van der Waals surface area contributed by atoms with E-state index in [1.54, 1.807) is 6.92 Å². The topological polar surface area (TPSA) is 119 Å². The lowest BCUT2D eigenvalue weighted by molar-refractivity contribution is -0.389. The summed E-state index contributed by atoms with van der Waals surface area (Å²) in [7, 11) is 1.45. The van der Waals surface area contributed by atoms with Crippen LogP contribution in [0.4, 0.5) is 14.6 Å². The lowest BCUT2D eigenvalue weighted by Gasteiger charge is -2.34. The van der Waals surface area contributed by atoms with E-state index in [9.17, 15) is 24.0 Å². The fourth-order valence-electron chi connectivity index (χ4n) is 4.03. The first-order chi connectivity index (χ1) is 16.0. The minimum Gasteiger partial charge on any atom is -0.481 e. The van der Waals surface area contributed by atoms with Crippen LogP contribution in [-0.4, -0.2) is 60.2 Å². The van der Waals surface area contributed by atoms with Crippen molar-refractivity contribution in [2.24, 2.45) is 0 Å². The van der Waals surface area contributed by atoms with Crippen LogP contribution in [0.5, 0.6) is 5.88 Å². The van der Waals surface area contributed by atoms with Crippen LogP contribution in [0, 0.1) is 21.7 Å². The number of aliphatic hydroxyl groups is 1. The maximum Gasteiger partial charge on any atom is 0.383 e. The van der Waals surface area contributed by atoms with Crippen LogP contribution >= 0.6 is 11.6 Å². The van der Waals surface area contributed by atoms with Crippen molar-refractivity contribution in [1.82, 2.24) is 24.4 Å². The van der Waals surface area contributed by atoms with E-state index in [0.29, 0.717) is 30.8 Å². The van der Waals surface area contributed by atoms with E-state index >= 15 is 0 Å². The van der Waals surface area contributed by atoms with Crippen molar-refractivity contribution in [3.8, 4) is 17.3 Å². The van der Waals surface area contributed by atoms with Gasteiger partial charge in [-0.2, -0.15) is 4.98 Å². The van der Waals surface area contributed by atoms with Gasteiger partial charge < -0.3 is 20.0 Å². The fourth-order valence-corrected chi connectivity index (χ4v) is 4.23. The van der Waals surface area contributed by atoms with Gasteiger partial charge in [0.1, 0.15) is 17.8 Å². The van der Waals surface area contributed by atoms with Crippen molar-refractivity contribution in [2.75, 3.05) is 20.2 Å². The van der Waals surface area contributed by atoms with Crippen molar-refractivity contribution in [1.29, 1.82) is 0 Å². The average Bonchev–Trinajstić information content (AvgIpc) is 3.11. The summed E-state index contributed by atoms with van der Waals surface area (Å²) in [6.07, 6.45) is 1.67. The van der Waals surface area contributed by atoms with Crippen molar-refractivity contribution >= 4 is 17.4 Å². The molecule has 0 radical (unpaired) electrons. The van der Waals surface area contributed by atoms with E-state index in [1.165, 1.54) is 17.9 Å². The van der Waals surface area contributed by atoms with Gasteiger partial charge in [-0.05, 0) is 40.6 Å². The maximum absolute atomic E-state index is 13.7. The molecule has 0 amide bonds. The molecule has 4 rings (SSSR count). The van der Waals surface area contributed by atoms with Gasteiger partial charge in [-0.25, -0.2) is 13.8 Å². The monoisotopic (exact) mass is 494 g/mol. The van der Waals surface area contributed by atoms with E-state index in [2.05, 4.69) is 15.0 Å². The number of fused-ring (bicyclic) bond motifs is 1. The first kappa shape index (κ1) is 23.9. The van der Waals surface area contributed by atoms with E-state index in [4.69, 9.17) is 16.3 Å². The summed E-state index contributed by atoms with van der Waals surface area (Å²) in [5.74, 6) is -1.42. The molecule has 0 fully saturated rings. The molecule has 1 aliphatic heterocycles. The highest BCUT2D eigenvalue weighted by atomic mass is 35.5. The number of imidazole rings is 1. The summed E-state index contributed by atoms with van der Waals surface area (Å²) < 4.78 is 34.1. The molecule has 0 aliphatic carbocycles. The third-order valence-corrected chi connectivity index (χ3v) is 5.69. The molecule has 0 spiro atoms. The standard InChI is InChI=1S/C21H21ClF2N6O4/c1-21(31,11-29-9-17(30(32)33)26-20(29)22)10-28-4-3-16-15(8-28)19(34-2)27-18(25-16)12-5-13(23)7-14(24)6-12/h5-7,9,31H,3-4,8,10-11H2,1-2H3. The number of nitro groups is 1. The molecule has 34 heavy (non-hydrogen) atoms. The Kier molecular flexibility index (Phi) is 6.47. The Labute approximate surface area is 197 Å². The number of hydrogen-bond donors (Lipinski definition) is 1. The molecule has 0 bridgehead atoms. The average molecular weight is 495 g/mol. The summed E-state index contributed by atoms with van der Waals surface area (Å²) in [6.45, 7) is 2.71. The fraction of sp³-hybridized carbons (Fsp3) is 0.381. The second kappa shape index (κ2) is 9.20. The SMILES string of the molecule is COc1nc(-c2cc(F)cc(F)c2)nc2c1CN(CC(C)(O)Cn1cc([N+](=O)[O-])nc1Cl)CC2. The van der Waals surface area contributed by atoms with Crippen LogP contribution in [0.15, 0.2) is 24.4 Å². The highest BCUT2D eigenvalue weighted by molar-refractivity contribution is 6.28. The molecule has 1 aromatic carbocycles. The Hall–Kier alpha value is -3.22. The molecular weight excluding hydrogens is 474 g/mol. The third-order valence-electron chi connectivity index (χ3n) is 5.39. The van der Waals surface area contributed by atoms with Gasteiger partial charge in [0.05, 0.1) is 24.9 Å². The zero-order chi connectivity index (χ0) is 24.6. The van der Waals surface area contributed by atoms with Crippen molar-refractivity contribution in [2.45, 2.75) is 32.0 Å². The molecule has 1 unspecified atom stereocenters. The number of aromatic nitrogens is 4. The first-order valence-corrected chi connectivity index (χ1v) is 10.6. The molecule has 3 aromatic rings. The summed E-state index contributed by atoms with van der Waals surface area (Å²) in [5.41, 5.74) is 0.315. The summed E-state index contributed by atoms with van der Waals surface area (Å²) in [6, 6.07) is 3.09. The van der Waals surface area contributed by atoms with E-state index in [0.717, 1.165) is 18.2 Å². The maximum atomic E-state index is 13.7. The minimum atomic E-state index is -1.29. The van der Waals surface area contributed by atoms with Crippen LogP contribution in [0.2, 0.25) is 5.28 Å². The second-order valence-electron chi connectivity index (χ2n) is 8.35. The van der Waals surface area contributed by atoms with Gasteiger partial charge in [0.2, 0.25) is 5.88 Å². The van der Waals surface area contributed by atoms with Gasteiger partial charge in [0.15, 0.2) is 5.82 Å². The molecule has 1 N–H and O–H groups in total. The Bertz CT molecular complexity index is 1210. The van der Waals surface area contributed by atoms with Crippen molar-refractivity contribution in [3.05, 3.63) is 62.7 Å². The summed E-state index contributed by atoms with van der Waals surface area (Å²) in [4.78, 5) is 24.7. The Morgan fingerprint density at radius 1 is 1.24 bits per heavy atom. The summed E-state index contributed by atoms with van der Waals surface area (Å²) in [5, 5.41) is 21.8. The van der Waals surface area contributed by atoms with Gasteiger partial charge in [0, 0.05) is 43.2 Å². The zero-order valence-electron chi connectivity index (χ0n) is 18.3. The zero-order valence-corrected chi connectivity index (χ0v) is 19.1. The largest absolute Gasteiger partial charge is 0.481 e. The lowest BCUT2D eigenvalue weighted by atomic mass is 10.0. The molecule has 10 nitrogen and oxygen atoms in total.